The largest absolute Gasteiger partial charge is 0.293 e. The molecule has 0 atom stereocenters. The highest BCUT2D eigenvalue weighted by Gasteiger charge is 2.12. The van der Waals surface area contributed by atoms with Crippen LogP contribution in [0.25, 0.3) is 0 Å². The van der Waals surface area contributed by atoms with Crippen molar-refractivity contribution in [3.05, 3.63) is 55.6 Å². The highest BCUT2D eigenvalue weighted by atomic mass is 79.9. The van der Waals surface area contributed by atoms with Crippen molar-refractivity contribution in [1.82, 2.24) is 0 Å². The van der Waals surface area contributed by atoms with Crippen molar-refractivity contribution in [2.75, 3.05) is 0 Å². The lowest BCUT2D eigenvalue weighted by Crippen LogP contribution is -2.00. The maximum atomic E-state index is 11.9. The smallest absolute Gasteiger partial charge is 0.177 e. The van der Waals surface area contributed by atoms with Crippen LogP contribution in [-0.4, -0.2) is 5.78 Å². The van der Waals surface area contributed by atoms with E-state index in [2.05, 4.69) is 15.9 Å². The summed E-state index contributed by atoms with van der Waals surface area (Å²) in [6, 6.07) is 11.4. The Morgan fingerprint density at radius 1 is 1.31 bits per heavy atom. The summed E-state index contributed by atoms with van der Waals surface area (Å²) >= 11 is 10.6. The summed E-state index contributed by atoms with van der Waals surface area (Å²) in [5, 5.41) is 0.599. The molecular formula is C12H8BrClOS. The quantitative estimate of drug-likeness (QED) is 0.757. The van der Waals surface area contributed by atoms with Crippen molar-refractivity contribution in [3.8, 4) is 0 Å². The van der Waals surface area contributed by atoms with Crippen LogP contribution < -0.4 is 0 Å². The Morgan fingerprint density at radius 2 is 2.00 bits per heavy atom. The molecule has 0 spiro atoms. The van der Waals surface area contributed by atoms with E-state index in [1.54, 1.807) is 6.07 Å². The van der Waals surface area contributed by atoms with Crippen LogP contribution in [0.15, 0.2) is 40.2 Å². The first-order chi connectivity index (χ1) is 7.66. The van der Waals surface area contributed by atoms with Crippen LogP contribution in [0.2, 0.25) is 5.02 Å². The molecule has 1 nitrogen and oxygen atoms in total. The van der Waals surface area contributed by atoms with Crippen molar-refractivity contribution in [1.29, 1.82) is 0 Å². The normalized spacial score (nSPS) is 10.4. The number of carbonyl (C=O) groups is 1. The van der Waals surface area contributed by atoms with Gasteiger partial charge in [-0.25, -0.2) is 0 Å². The van der Waals surface area contributed by atoms with Gasteiger partial charge in [0.2, 0.25) is 0 Å². The Kier molecular flexibility index (Phi) is 3.79. The van der Waals surface area contributed by atoms with E-state index in [4.69, 9.17) is 11.6 Å². The van der Waals surface area contributed by atoms with E-state index >= 15 is 0 Å². The molecule has 0 saturated heterocycles. The molecule has 0 N–H and O–H groups in total. The van der Waals surface area contributed by atoms with Gasteiger partial charge < -0.3 is 0 Å². The average Bonchev–Trinajstić information content (AvgIpc) is 2.61. The van der Waals surface area contributed by atoms with Crippen LogP contribution in [0.4, 0.5) is 0 Å². The van der Waals surface area contributed by atoms with Gasteiger partial charge in [0, 0.05) is 6.42 Å². The summed E-state index contributed by atoms with van der Waals surface area (Å²) in [6.45, 7) is 0. The molecule has 0 amide bonds. The molecule has 4 heteroatoms. The summed E-state index contributed by atoms with van der Waals surface area (Å²) in [4.78, 5) is 12.6. The SMILES string of the molecule is O=C(Cc1ccccc1)c1cc(Cl)c(Br)s1. The monoisotopic (exact) mass is 314 g/mol. The Hall–Kier alpha value is -0.640. The molecule has 1 aromatic heterocycles. The second-order valence-electron chi connectivity index (χ2n) is 3.32. The topological polar surface area (TPSA) is 17.1 Å². The molecule has 2 rings (SSSR count). The van der Waals surface area contributed by atoms with Crippen LogP contribution in [0.3, 0.4) is 0 Å². The molecule has 0 saturated carbocycles. The van der Waals surface area contributed by atoms with E-state index in [0.717, 1.165) is 9.35 Å². The van der Waals surface area contributed by atoms with Crippen LogP contribution in [0.5, 0.6) is 0 Å². The van der Waals surface area contributed by atoms with E-state index < -0.39 is 0 Å². The summed E-state index contributed by atoms with van der Waals surface area (Å²) in [5.41, 5.74) is 1.02. The third-order valence-corrected chi connectivity index (χ3v) is 4.64. The molecular weight excluding hydrogens is 308 g/mol. The van der Waals surface area contributed by atoms with E-state index in [9.17, 15) is 4.79 Å². The van der Waals surface area contributed by atoms with E-state index in [0.29, 0.717) is 16.3 Å². The molecule has 2 aromatic rings. The lowest BCUT2D eigenvalue weighted by atomic mass is 10.1. The van der Waals surface area contributed by atoms with Gasteiger partial charge in [0.1, 0.15) is 0 Å². The van der Waals surface area contributed by atoms with Gasteiger partial charge in [0.25, 0.3) is 0 Å². The number of Topliss-reactive ketones (excluding diaryl/α,β-unsaturated/α-hetero) is 1. The molecule has 1 aromatic carbocycles. The number of hydrogen-bond acceptors (Lipinski definition) is 2. The minimum Gasteiger partial charge on any atom is -0.293 e. The van der Waals surface area contributed by atoms with Gasteiger partial charge in [0.15, 0.2) is 5.78 Å². The summed E-state index contributed by atoms with van der Waals surface area (Å²) in [5.74, 6) is 0.101. The highest BCUT2D eigenvalue weighted by molar-refractivity contribution is 9.11. The maximum absolute atomic E-state index is 11.9. The predicted octanol–water partition coefficient (Wildman–Crippen LogP) is 4.59. The van der Waals surface area contributed by atoms with E-state index in [-0.39, 0.29) is 5.78 Å². The summed E-state index contributed by atoms with van der Waals surface area (Å²) in [6.07, 6.45) is 0.421. The minimum absolute atomic E-state index is 0.101. The number of thiophene rings is 1. The molecule has 16 heavy (non-hydrogen) atoms. The fraction of sp³-hybridized carbons (Fsp3) is 0.0833. The molecule has 0 radical (unpaired) electrons. The van der Waals surface area contributed by atoms with Crippen LogP contribution in [0, 0.1) is 0 Å². The second kappa shape index (κ2) is 5.13. The van der Waals surface area contributed by atoms with Crippen LogP contribution in [-0.2, 0) is 6.42 Å². The zero-order chi connectivity index (χ0) is 11.5. The molecule has 82 valence electrons. The number of hydrogen-bond donors (Lipinski definition) is 0. The second-order valence-corrected chi connectivity index (χ2v) is 6.10. The predicted molar refractivity (Wildman–Crippen MR) is 71.5 cm³/mol. The highest BCUT2D eigenvalue weighted by Crippen LogP contribution is 2.32. The van der Waals surface area contributed by atoms with E-state index in [1.165, 1.54) is 11.3 Å². The zero-order valence-corrected chi connectivity index (χ0v) is 11.4. The van der Waals surface area contributed by atoms with E-state index in [1.807, 2.05) is 30.3 Å². The van der Waals surface area contributed by atoms with Gasteiger partial charge in [-0.2, -0.15) is 0 Å². The van der Waals surface area contributed by atoms with Gasteiger partial charge in [-0.15, -0.1) is 11.3 Å². The lowest BCUT2D eigenvalue weighted by Gasteiger charge is -1.97. The third kappa shape index (κ3) is 2.73. The Morgan fingerprint density at radius 3 is 2.56 bits per heavy atom. The van der Waals surface area contributed by atoms with Gasteiger partial charge in [-0.05, 0) is 27.6 Å². The molecule has 1 heterocycles. The van der Waals surface area contributed by atoms with Crippen molar-refractivity contribution in [2.45, 2.75) is 6.42 Å². The van der Waals surface area contributed by atoms with Crippen molar-refractivity contribution in [3.63, 3.8) is 0 Å². The Balaban J connectivity index is 2.15. The lowest BCUT2D eigenvalue weighted by molar-refractivity contribution is 0.0997. The van der Waals surface area contributed by atoms with Crippen molar-refractivity contribution >= 4 is 44.7 Å². The fourth-order valence-electron chi connectivity index (χ4n) is 1.35. The average molecular weight is 316 g/mol. The molecule has 0 aliphatic rings. The number of carbonyl (C=O) groups excluding carboxylic acids is 1. The zero-order valence-electron chi connectivity index (χ0n) is 8.24. The Labute approximate surface area is 111 Å². The van der Waals surface area contributed by atoms with Gasteiger partial charge in [0.05, 0.1) is 13.7 Å². The Bertz CT molecular complexity index is 487. The van der Waals surface area contributed by atoms with Crippen LogP contribution >= 0.6 is 38.9 Å². The molecule has 0 unspecified atom stereocenters. The molecule has 0 aliphatic carbocycles. The fourth-order valence-corrected chi connectivity index (χ4v) is 2.99. The minimum atomic E-state index is 0.101. The first-order valence-corrected chi connectivity index (χ1v) is 6.67. The molecule has 0 aliphatic heterocycles. The molecule has 0 fully saturated rings. The van der Waals surface area contributed by atoms with Gasteiger partial charge in [-0.1, -0.05) is 41.9 Å². The summed E-state index contributed by atoms with van der Waals surface area (Å²) < 4.78 is 0.811. The number of halogens is 2. The van der Waals surface area contributed by atoms with Crippen LogP contribution in [0.1, 0.15) is 15.2 Å². The van der Waals surface area contributed by atoms with Gasteiger partial charge >= 0.3 is 0 Å². The summed E-state index contributed by atoms with van der Waals surface area (Å²) in [7, 11) is 0. The first-order valence-electron chi connectivity index (χ1n) is 4.69. The molecule has 0 bridgehead atoms. The van der Waals surface area contributed by atoms with Crippen molar-refractivity contribution in [2.24, 2.45) is 0 Å². The van der Waals surface area contributed by atoms with Gasteiger partial charge in [-0.3, -0.25) is 4.79 Å². The maximum Gasteiger partial charge on any atom is 0.177 e. The standard InChI is InChI=1S/C12H8BrClOS/c13-12-9(14)7-11(16-12)10(15)6-8-4-2-1-3-5-8/h1-5,7H,6H2. The third-order valence-electron chi connectivity index (χ3n) is 2.13. The first kappa shape index (κ1) is 11.8. The number of rotatable bonds is 3. The number of benzene rings is 1. The van der Waals surface area contributed by atoms with Crippen molar-refractivity contribution < 1.29 is 4.79 Å². The number of ketones is 1.